The SMILES string of the molecule is C[C@H](N)C(=O)N[C@H](CCC(N)=O)C(=O)OCc1ccccc1.Cl. The molecule has 8 heteroatoms. The lowest BCUT2D eigenvalue weighted by Crippen LogP contribution is -2.48. The first kappa shape index (κ1) is 20.9. The summed E-state index contributed by atoms with van der Waals surface area (Å²) in [6.45, 7) is 1.58. The van der Waals surface area contributed by atoms with Gasteiger partial charge in [0.2, 0.25) is 11.8 Å². The minimum absolute atomic E-state index is 0. The highest BCUT2D eigenvalue weighted by Crippen LogP contribution is 2.05. The number of benzene rings is 1. The maximum Gasteiger partial charge on any atom is 0.328 e. The van der Waals surface area contributed by atoms with Crippen molar-refractivity contribution in [1.82, 2.24) is 5.32 Å². The van der Waals surface area contributed by atoms with Gasteiger partial charge in [-0.25, -0.2) is 4.79 Å². The van der Waals surface area contributed by atoms with E-state index in [0.29, 0.717) is 0 Å². The molecule has 128 valence electrons. The molecule has 1 aromatic carbocycles. The highest BCUT2D eigenvalue weighted by Gasteiger charge is 2.24. The Morgan fingerprint density at radius 3 is 2.35 bits per heavy atom. The molecule has 0 aliphatic carbocycles. The third kappa shape index (κ3) is 8.18. The van der Waals surface area contributed by atoms with Gasteiger partial charge < -0.3 is 21.5 Å². The van der Waals surface area contributed by atoms with Gasteiger partial charge in [0.25, 0.3) is 0 Å². The topological polar surface area (TPSA) is 125 Å². The van der Waals surface area contributed by atoms with Gasteiger partial charge in [-0.3, -0.25) is 9.59 Å². The maximum absolute atomic E-state index is 12.1. The average Bonchev–Trinajstić information content (AvgIpc) is 2.49. The number of carbonyl (C=O) groups is 3. The van der Waals surface area contributed by atoms with Crippen molar-refractivity contribution in [2.45, 2.75) is 38.5 Å². The Morgan fingerprint density at radius 1 is 1.22 bits per heavy atom. The van der Waals surface area contributed by atoms with Crippen LogP contribution in [0.1, 0.15) is 25.3 Å². The van der Waals surface area contributed by atoms with Gasteiger partial charge in [-0.15, -0.1) is 12.4 Å². The monoisotopic (exact) mass is 343 g/mol. The molecule has 1 rings (SSSR count). The van der Waals surface area contributed by atoms with Crippen LogP contribution in [0, 0.1) is 0 Å². The van der Waals surface area contributed by atoms with Crippen molar-refractivity contribution in [2.75, 3.05) is 0 Å². The molecule has 0 bridgehead atoms. The van der Waals surface area contributed by atoms with E-state index in [4.69, 9.17) is 16.2 Å². The largest absolute Gasteiger partial charge is 0.459 e. The van der Waals surface area contributed by atoms with Crippen LogP contribution in [0.3, 0.4) is 0 Å². The molecule has 0 saturated carbocycles. The van der Waals surface area contributed by atoms with Gasteiger partial charge >= 0.3 is 5.97 Å². The highest BCUT2D eigenvalue weighted by molar-refractivity contribution is 5.87. The van der Waals surface area contributed by atoms with Crippen molar-refractivity contribution in [1.29, 1.82) is 0 Å². The minimum atomic E-state index is -0.949. The summed E-state index contributed by atoms with van der Waals surface area (Å²) in [7, 11) is 0. The molecule has 1 aromatic rings. The van der Waals surface area contributed by atoms with Crippen molar-refractivity contribution in [3.63, 3.8) is 0 Å². The Balaban J connectivity index is 0.00000484. The molecule has 0 aliphatic heterocycles. The number of amides is 2. The lowest BCUT2D eigenvalue weighted by atomic mass is 10.1. The third-order valence-corrected chi connectivity index (χ3v) is 2.92. The molecule has 0 unspecified atom stereocenters. The molecule has 0 heterocycles. The van der Waals surface area contributed by atoms with E-state index in [2.05, 4.69) is 5.32 Å². The Hall–Kier alpha value is -2.12. The number of hydrogen-bond acceptors (Lipinski definition) is 5. The molecule has 7 nitrogen and oxygen atoms in total. The summed E-state index contributed by atoms with van der Waals surface area (Å²) in [5.41, 5.74) is 11.3. The number of nitrogens with one attached hydrogen (secondary N) is 1. The summed E-state index contributed by atoms with van der Waals surface area (Å²) in [5.74, 6) is -1.68. The lowest BCUT2D eigenvalue weighted by Gasteiger charge is -2.18. The first-order valence-electron chi connectivity index (χ1n) is 6.95. The number of halogens is 1. The number of carbonyl (C=O) groups excluding carboxylic acids is 3. The van der Waals surface area contributed by atoms with Crippen LogP contribution >= 0.6 is 12.4 Å². The molecule has 0 saturated heterocycles. The molecule has 2 amide bonds. The molecular weight excluding hydrogens is 322 g/mol. The Bertz CT molecular complexity index is 523. The smallest absolute Gasteiger partial charge is 0.328 e. The van der Waals surface area contributed by atoms with Crippen LogP contribution in [0.4, 0.5) is 0 Å². The second-order valence-electron chi connectivity index (χ2n) is 4.95. The average molecular weight is 344 g/mol. The van der Waals surface area contributed by atoms with Gasteiger partial charge in [-0.1, -0.05) is 30.3 Å². The van der Waals surface area contributed by atoms with Crippen LogP contribution in [-0.2, 0) is 25.7 Å². The molecule has 5 N–H and O–H groups in total. The van der Waals surface area contributed by atoms with E-state index in [9.17, 15) is 14.4 Å². The van der Waals surface area contributed by atoms with E-state index >= 15 is 0 Å². The summed E-state index contributed by atoms with van der Waals surface area (Å²) >= 11 is 0. The van der Waals surface area contributed by atoms with Gasteiger partial charge in [0.05, 0.1) is 6.04 Å². The van der Waals surface area contributed by atoms with Crippen LogP contribution in [0.25, 0.3) is 0 Å². The molecule has 0 radical (unpaired) electrons. The van der Waals surface area contributed by atoms with Gasteiger partial charge in [-0.05, 0) is 18.9 Å². The predicted octanol–water partition coefficient (Wildman–Crippen LogP) is 0.249. The number of ether oxygens (including phenoxy) is 1. The van der Waals surface area contributed by atoms with Gasteiger partial charge in [-0.2, -0.15) is 0 Å². The molecular formula is C15H22ClN3O4. The lowest BCUT2D eigenvalue weighted by molar-refractivity contribution is -0.149. The maximum atomic E-state index is 12.1. The van der Waals surface area contributed by atoms with E-state index in [1.165, 1.54) is 6.92 Å². The molecule has 0 aliphatic rings. The zero-order valence-corrected chi connectivity index (χ0v) is 13.7. The zero-order chi connectivity index (χ0) is 16.5. The quantitative estimate of drug-likeness (QED) is 0.583. The highest BCUT2D eigenvalue weighted by atomic mass is 35.5. The summed E-state index contributed by atoms with van der Waals surface area (Å²) in [6, 6.07) is 7.41. The van der Waals surface area contributed by atoms with Crippen LogP contribution in [-0.4, -0.2) is 29.9 Å². The van der Waals surface area contributed by atoms with Crippen LogP contribution < -0.4 is 16.8 Å². The third-order valence-electron chi connectivity index (χ3n) is 2.92. The fourth-order valence-electron chi connectivity index (χ4n) is 1.67. The number of rotatable bonds is 8. The molecule has 0 aromatic heterocycles. The molecule has 23 heavy (non-hydrogen) atoms. The van der Waals surface area contributed by atoms with Crippen LogP contribution in [0.5, 0.6) is 0 Å². The number of hydrogen-bond donors (Lipinski definition) is 3. The fraction of sp³-hybridized carbons (Fsp3) is 0.400. The van der Waals surface area contributed by atoms with E-state index in [1.807, 2.05) is 30.3 Å². The number of primary amides is 1. The first-order valence-corrected chi connectivity index (χ1v) is 6.95. The van der Waals surface area contributed by atoms with Crippen molar-refractivity contribution < 1.29 is 19.1 Å². The summed E-state index contributed by atoms with van der Waals surface area (Å²) in [6.07, 6.45) is 0.0335. The van der Waals surface area contributed by atoms with E-state index in [-0.39, 0.29) is 31.9 Å². The zero-order valence-electron chi connectivity index (χ0n) is 12.9. The van der Waals surface area contributed by atoms with E-state index < -0.39 is 29.9 Å². The number of nitrogens with two attached hydrogens (primary N) is 2. The predicted molar refractivity (Wildman–Crippen MR) is 87.5 cm³/mol. The van der Waals surface area contributed by atoms with Gasteiger partial charge in [0.15, 0.2) is 0 Å². The van der Waals surface area contributed by atoms with Gasteiger partial charge in [0, 0.05) is 6.42 Å². The first-order chi connectivity index (χ1) is 10.4. The number of esters is 1. The van der Waals surface area contributed by atoms with Crippen LogP contribution in [0.2, 0.25) is 0 Å². The molecule has 2 atom stereocenters. The van der Waals surface area contributed by atoms with Crippen molar-refractivity contribution in [3.05, 3.63) is 35.9 Å². The summed E-state index contributed by atoms with van der Waals surface area (Å²) in [4.78, 5) is 34.5. The van der Waals surface area contributed by atoms with Crippen LogP contribution in [0.15, 0.2) is 30.3 Å². The van der Waals surface area contributed by atoms with Gasteiger partial charge in [0.1, 0.15) is 12.6 Å². The summed E-state index contributed by atoms with van der Waals surface area (Å²) in [5, 5.41) is 2.46. The fourth-order valence-corrected chi connectivity index (χ4v) is 1.67. The molecule has 0 spiro atoms. The van der Waals surface area contributed by atoms with E-state index in [1.54, 1.807) is 0 Å². The van der Waals surface area contributed by atoms with E-state index in [0.717, 1.165) is 5.56 Å². The molecule has 0 fully saturated rings. The Labute approximate surface area is 141 Å². The second-order valence-corrected chi connectivity index (χ2v) is 4.95. The van der Waals surface area contributed by atoms with Crippen molar-refractivity contribution in [2.24, 2.45) is 11.5 Å². The van der Waals surface area contributed by atoms with Crippen molar-refractivity contribution in [3.8, 4) is 0 Å². The second kappa shape index (κ2) is 10.6. The Morgan fingerprint density at radius 2 is 1.83 bits per heavy atom. The standard InChI is InChI=1S/C15H21N3O4.ClH/c1-10(16)14(20)18-12(7-8-13(17)19)15(21)22-9-11-5-3-2-4-6-11;/h2-6,10,12H,7-9,16H2,1H3,(H2,17,19)(H,18,20);1H/t10-,12+;/m0./s1. The minimum Gasteiger partial charge on any atom is -0.459 e. The summed E-state index contributed by atoms with van der Waals surface area (Å²) < 4.78 is 5.16. The van der Waals surface area contributed by atoms with Crippen molar-refractivity contribution >= 4 is 30.2 Å². The Kier molecular flexibility index (Phi) is 9.60. The normalized spacial score (nSPS) is 12.4.